The zero-order chi connectivity index (χ0) is 19.6. The highest BCUT2D eigenvalue weighted by atomic mass is 16.6. The van der Waals surface area contributed by atoms with Gasteiger partial charge < -0.3 is 25.9 Å². The van der Waals surface area contributed by atoms with Gasteiger partial charge in [0, 0.05) is 12.1 Å². The molecule has 0 unspecified atom stereocenters. The van der Waals surface area contributed by atoms with Crippen LogP contribution in [0.25, 0.3) is 0 Å². The van der Waals surface area contributed by atoms with Gasteiger partial charge >= 0.3 is 11.8 Å². The van der Waals surface area contributed by atoms with Gasteiger partial charge in [-0.25, -0.2) is 4.79 Å². The normalized spacial score (nSPS) is 10.4. The van der Waals surface area contributed by atoms with Crippen LogP contribution in [0.15, 0.2) is 18.2 Å². The van der Waals surface area contributed by atoms with Gasteiger partial charge in [0.05, 0.1) is 11.2 Å². The van der Waals surface area contributed by atoms with Crippen molar-refractivity contribution >= 4 is 35.2 Å². The van der Waals surface area contributed by atoms with Crippen LogP contribution < -0.4 is 10.6 Å². The van der Waals surface area contributed by atoms with E-state index in [1.165, 1.54) is 6.07 Å². The third-order valence-electron chi connectivity index (χ3n) is 3.11. The van der Waals surface area contributed by atoms with E-state index in [4.69, 9.17) is 5.11 Å². The van der Waals surface area contributed by atoms with Crippen molar-refractivity contribution in [3.05, 3.63) is 45.4 Å². The fourth-order valence-corrected chi connectivity index (χ4v) is 1.89. The topological polar surface area (TPSA) is 225 Å². The van der Waals surface area contributed by atoms with Gasteiger partial charge in [-0.2, -0.15) is 15.3 Å². The maximum atomic E-state index is 12.1. The van der Waals surface area contributed by atoms with E-state index in [1.807, 2.05) is 0 Å². The van der Waals surface area contributed by atoms with Crippen molar-refractivity contribution < 1.29 is 24.4 Å². The number of anilines is 2. The van der Waals surface area contributed by atoms with E-state index in [0.717, 1.165) is 12.1 Å². The van der Waals surface area contributed by atoms with Crippen LogP contribution >= 0.6 is 0 Å². The molecule has 0 radical (unpaired) electrons. The van der Waals surface area contributed by atoms with Crippen LogP contribution in [0.1, 0.15) is 31.5 Å². The molecule has 0 aromatic carbocycles. The van der Waals surface area contributed by atoms with Crippen LogP contribution in [0.4, 0.5) is 17.5 Å². The summed E-state index contributed by atoms with van der Waals surface area (Å²) in [5, 5.41) is 41.4. The molecule has 0 spiro atoms. The largest absolute Gasteiger partial charge is 0.477 e. The lowest BCUT2D eigenvalue weighted by atomic mass is 10.3. The molecule has 0 bridgehead atoms. The number of carbonyl (C=O) groups excluding carboxylic acids is 2. The summed E-state index contributed by atoms with van der Waals surface area (Å²) >= 11 is 0. The Bertz CT molecular complexity index is 1050. The standard InChI is InChI=1S/C12H9N9O6/c22-10(14-8-2-6(12(24)25)17-19-8)4-1-7(18-15-4)13-11(23)5-3-9(20-16-5)21(26)27/h1-3H,(H,16,20)(H,24,25)(H2,13,15,18,23)(H2,14,17,19,22). The number of aromatic amines is 3. The molecule has 0 saturated carbocycles. The van der Waals surface area contributed by atoms with Gasteiger partial charge in [0.15, 0.2) is 17.3 Å². The lowest BCUT2D eigenvalue weighted by Gasteiger charge is -1.97. The van der Waals surface area contributed by atoms with E-state index in [-0.39, 0.29) is 28.7 Å². The monoisotopic (exact) mass is 375 g/mol. The number of nitrogens with zero attached hydrogens (tertiary/aromatic N) is 4. The quantitative estimate of drug-likeness (QED) is 0.251. The summed E-state index contributed by atoms with van der Waals surface area (Å²) in [7, 11) is 0. The van der Waals surface area contributed by atoms with Crippen molar-refractivity contribution in [1.29, 1.82) is 0 Å². The molecule has 3 rings (SSSR count). The number of amides is 2. The van der Waals surface area contributed by atoms with Crippen LogP contribution in [0.5, 0.6) is 0 Å². The number of hydrogen-bond acceptors (Lipinski definition) is 8. The number of aromatic carboxylic acids is 1. The van der Waals surface area contributed by atoms with E-state index in [9.17, 15) is 24.5 Å². The van der Waals surface area contributed by atoms with Crippen molar-refractivity contribution in [3.8, 4) is 0 Å². The molecule has 0 atom stereocenters. The zero-order valence-electron chi connectivity index (χ0n) is 13.0. The summed E-state index contributed by atoms with van der Waals surface area (Å²) in [5.41, 5.74) is -0.439. The van der Waals surface area contributed by atoms with Crippen molar-refractivity contribution in [2.24, 2.45) is 0 Å². The Kier molecular flexibility index (Phi) is 4.31. The van der Waals surface area contributed by atoms with Gasteiger partial charge in [-0.1, -0.05) is 0 Å². The number of nitro groups is 1. The first-order chi connectivity index (χ1) is 12.8. The fraction of sp³-hybridized carbons (Fsp3) is 0. The maximum Gasteiger partial charge on any atom is 0.390 e. The van der Waals surface area contributed by atoms with E-state index in [2.05, 4.69) is 41.2 Å². The van der Waals surface area contributed by atoms with Gasteiger partial charge in [-0.05, 0) is 4.92 Å². The van der Waals surface area contributed by atoms with Gasteiger partial charge in [0.25, 0.3) is 11.8 Å². The second kappa shape index (κ2) is 6.75. The Morgan fingerprint density at radius 3 is 1.85 bits per heavy atom. The highest BCUT2D eigenvalue weighted by molar-refractivity contribution is 6.05. The van der Waals surface area contributed by atoms with E-state index < -0.39 is 28.5 Å². The molecule has 0 aliphatic carbocycles. The molecule has 27 heavy (non-hydrogen) atoms. The molecule has 6 N–H and O–H groups in total. The Hall–Kier alpha value is -4.56. The first-order valence-electron chi connectivity index (χ1n) is 7.00. The molecule has 15 nitrogen and oxygen atoms in total. The molecule has 3 aromatic rings. The average molecular weight is 375 g/mol. The highest BCUT2D eigenvalue weighted by Gasteiger charge is 2.19. The molecule has 3 aromatic heterocycles. The third kappa shape index (κ3) is 3.76. The number of aromatic nitrogens is 6. The summed E-state index contributed by atoms with van der Waals surface area (Å²) in [6, 6.07) is 3.25. The van der Waals surface area contributed by atoms with Crippen LogP contribution in [0.3, 0.4) is 0 Å². The van der Waals surface area contributed by atoms with E-state index >= 15 is 0 Å². The van der Waals surface area contributed by atoms with Gasteiger partial charge in [-0.3, -0.25) is 19.8 Å². The van der Waals surface area contributed by atoms with E-state index in [1.54, 1.807) is 0 Å². The molecule has 2 amide bonds. The highest BCUT2D eigenvalue weighted by Crippen LogP contribution is 2.12. The van der Waals surface area contributed by atoms with Crippen LogP contribution in [-0.4, -0.2) is 58.4 Å². The summed E-state index contributed by atoms with van der Waals surface area (Å²) < 4.78 is 0. The predicted octanol–water partition coefficient (Wildman–Crippen LogP) is -0.0331. The minimum absolute atomic E-state index is 0.0256. The second-order valence-electron chi connectivity index (χ2n) is 4.94. The number of carboxylic acid groups (broad SMARTS) is 1. The molecule has 3 heterocycles. The van der Waals surface area contributed by atoms with Crippen molar-refractivity contribution in [2.45, 2.75) is 0 Å². The summed E-state index contributed by atoms with van der Waals surface area (Å²) in [5.74, 6) is -3.27. The average Bonchev–Trinajstić information content (AvgIpc) is 3.35. The number of nitrogens with one attached hydrogen (secondary N) is 5. The first-order valence-corrected chi connectivity index (χ1v) is 7.00. The molecule has 15 heteroatoms. The molecule has 0 aliphatic heterocycles. The predicted molar refractivity (Wildman–Crippen MR) is 85.3 cm³/mol. The summed E-state index contributed by atoms with van der Waals surface area (Å²) in [4.78, 5) is 44.5. The van der Waals surface area contributed by atoms with Crippen LogP contribution in [0.2, 0.25) is 0 Å². The molecule has 0 aliphatic rings. The summed E-state index contributed by atoms with van der Waals surface area (Å²) in [6.45, 7) is 0. The number of hydrogen-bond donors (Lipinski definition) is 6. The van der Waals surface area contributed by atoms with Crippen LogP contribution in [0, 0.1) is 10.1 Å². The number of H-pyrrole nitrogens is 3. The van der Waals surface area contributed by atoms with Crippen LogP contribution in [-0.2, 0) is 0 Å². The zero-order valence-corrected chi connectivity index (χ0v) is 13.0. The van der Waals surface area contributed by atoms with Crippen molar-refractivity contribution in [3.63, 3.8) is 0 Å². The molecular weight excluding hydrogens is 366 g/mol. The smallest absolute Gasteiger partial charge is 0.390 e. The first kappa shape index (κ1) is 17.3. The molecule has 0 saturated heterocycles. The maximum absolute atomic E-state index is 12.1. The number of rotatable bonds is 6. The fourth-order valence-electron chi connectivity index (χ4n) is 1.89. The molecular formula is C12H9N9O6. The minimum atomic E-state index is -1.24. The molecule has 0 fully saturated rings. The Morgan fingerprint density at radius 1 is 0.889 bits per heavy atom. The lowest BCUT2D eigenvalue weighted by molar-refractivity contribution is -0.389. The Labute approximate surface area is 147 Å². The SMILES string of the molecule is O=C(O)c1cc(NC(=O)c2cc(NC(=O)c3cc([N+](=O)[O-])n[nH]3)n[nH]2)n[nH]1. The van der Waals surface area contributed by atoms with Gasteiger partial charge in [0.1, 0.15) is 11.4 Å². The Morgan fingerprint density at radius 2 is 1.37 bits per heavy atom. The van der Waals surface area contributed by atoms with Crippen molar-refractivity contribution in [2.75, 3.05) is 10.6 Å². The van der Waals surface area contributed by atoms with Crippen molar-refractivity contribution in [1.82, 2.24) is 30.6 Å². The Balaban J connectivity index is 1.64. The van der Waals surface area contributed by atoms with E-state index in [0.29, 0.717) is 0 Å². The minimum Gasteiger partial charge on any atom is -0.477 e. The lowest BCUT2D eigenvalue weighted by Crippen LogP contribution is -2.13. The van der Waals surface area contributed by atoms with Gasteiger partial charge in [0.2, 0.25) is 0 Å². The molecule has 138 valence electrons. The van der Waals surface area contributed by atoms with Gasteiger partial charge in [-0.15, -0.1) is 0 Å². The second-order valence-corrected chi connectivity index (χ2v) is 4.94. The number of carbonyl (C=O) groups is 3. The number of carboxylic acids is 1. The summed E-state index contributed by atoms with van der Waals surface area (Å²) in [6.07, 6.45) is 0. The third-order valence-corrected chi connectivity index (χ3v) is 3.11.